The number of rotatable bonds is 4. The highest BCUT2D eigenvalue weighted by molar-refractivity contribution is 6.00. The van der Waals surface area contributed by atoms with Crippen molar-refractivity contribution in [2.45, 2.75) is 43.7 Å². The van der Waals surface area contributed by atoms with Gasteiger partial charge in [-0.3, -0.25) is 14.4 Å². The zero-order chi connectivity index (χ0) is 24.3. The number of likely N-dealkylation sites (tertiary alicyclic amines) is 1. The van der Waals surface area contributed by atoms with Crippen molar-refractivity contribution in [3.05, 3.63) is 60.2 Å². The number of hydrogen-bond donors (Lipinski definition) is 1. The van der Waals surface area contributed by atoms with E-state index in [-0.39, 0.29) is 24.3 Å². The van der Waals surface area contributed by atoms with Crippen LogP contribution < -0.4 is 0 Å². The van der Waals surface area contributed by atoms with E-state index in [1.807, 2.05) is 61.6 Å². The van der Waals surface area contributed by atoms with E-state index in [0.29, 0.717) is 19.6 Å². The molecule has 0 aliphatic carbocycles. The first-order valence-electron chi connectivity index (χ1n) is 11.8. The molecule has 5 rings (SSSR count). The molecule has 1 aromatic rings. The Kier molecular flexibility index (Phi) is 5.41. The summed E-state index contributed by atoms with van der Waals surface area (Å²) in [4.78, 5) is 46.3. The van der Waals surface area contributed by atoms with E-state index >= 15 is 0 Å². The molecule has 3 amide bonds. The van der Waals surface area contributed by atoms with Gasteiger partial charge in [0.05, 0.1) is 30.1 Å². The molecule has 0 radical (unpaired) electrons. The Balaban J connectivity index is 1.62. The SMILES string of the molecule is C[C@H](CO)N1C(=O)[C@@H]2[C@H]3C(=O)N(C)CC=C[C@@]3(C)O[C@@]23C=CCN(Cc2ccccc2)C(=O)C13. The largest absolute Gasteiger partial charge is 0.394 e. The van der Waals surface area contributed by atoms with Crippen molar-refractivity contribution in [1.82, 2.24) is 14.7 Å². The van der Waals surface area contributed by atoms with Crippen LogP contribution in [0.25, 0.3) is 0 Å². The van der Waals surface area contributed by atoms with E-state index in [9.17, 15) is 19.5 Å². The fourth-order valence-electron chi connectivity index (χ4n) is 6.14. The molecule has 1 N–H and O–H groups in total. The number of likely N-dealkylation sites (N-methyl/N-ethyl adjacent to an activating group) is 1. The molecule has 34 heavy (non-hydrogen) atoms. The second kappa shape index (κ2) is 8.06. The van der Waals surface area contributed by atoms with E-state index < -0.39 is 35.1 Å². The number of aliphatic hydroxyl groups excluding tert-OH is 1. The van der Waals surface area contributed by atoms with Crippen LogP contribution in [0.5, 0.6) is 0 Å². The quantitative estimate of drug-likeness (QED) is 0.670. The number of amides is 3. The zero-order valence-corrected chi connectivity index (χ0v) is 19.8. The maximum atomic E-state index is 14.1. The number of fused-ring (bicyclic) bond motifs is 2. The predicted octanol–water partition coefficient (Wildman–Crippen LogP) is 0.965. The lowest BCUT2D eigenvalue weighted by atomic mass is 9.74. The van der Waals surface area contributed by atoms with Crippen LogP contribution in [0.2, 0.25) is 0 Å². The van der Waals surface area contributed by atoms with E-state index in [0.717, 1.165) is 5.56 Å². The molecule has 1 spiro atoms. The van der Waals surface area contributed by atoms with Gasteiger partial charge in [-0.15, -0.1) is 0 Å². The molecule has 4 aliphatic rings. The Hall–Kier alpha value is -2.97. The lowest BCUT2D eigenvalue weighted by molar-refractivity contribution is -0.155. The molecule has 8 heteroatoms. The van der Waals surface area contributed by atoms with E-state index in [1.165, 1.54) is 4.90 Å². The third-order valence-electron chi connectivity index (χ3n) is 7.74. The molecule has 1 aromatic carbocycles. The molecule has 2 fully saturated rings. The number of nitrogens with zero attached hydrogens (tertiary/aromatic N) is 3. The molecule has 2 saturated heterocycles. The second-order valence-electron chi connectivity index (χ2n) is 10.0. The summed E-state index contributed by atoms with van der Waals surface area (Å²) >= 11 is 0. The smallest absolute Gasteiger partial charge is 0.249 e. The van der Waals surface area contributed by atoms with Crippen molar-refractivity contribution in [1.29, 1.82) is 0 Å². The maximum absolute atomic E-state index is 14.1. The minimum atomic E-state index is -1.29. The van der Waals surface area contributed by atoms with Gasteiger partial charge in [0, 0.05) is 26.7 Å². The molecule has 8 nitrogen and oxygen atoms in total. The highest BCUT2D eigenvalue weighted by atomic mass is 16.5. The molecule has 4 aliphatic heterocycles. The molecular formula is C26H31N3O5. The Bertz CT molecular complexity index is 1070. The number of aliphatic hydroxyl groups is 1. The van der Waals surface area contributed by atoms with Crippen LogP contribution in [0.1, 0.15) is 19.4 Å². The molecule has 0 bridgehead atoms. The van der Waals surface area contributed by atoms with Gasteiger partial charge in [-0.05, 0) is 19.4 Å². The van der Waals surface area contributed by atoms with E-state index in [4.69, 9.17) is 4.74 Å². The van der Waals surface area contributed by atoms with Gasteiger partial charge in [-0.2, -0.15) is 0 Å². The van der Waals surface area contributed by atoms with Crippen LogP contribution in [0.3, 0.4) is 0 Å². The Labute approximate surface area is 199 Å². The van der Waals surface area contributed by atoms with E-state index in [1.54, 1.807) is 23.8 Å². The molecule has 4 heterocycles. The fraction of sp³-hybridized carbons (Fsp3) is 0.500. The fourth-order valence-corrected chi connectivity index (χ4v) is 6.14. The number of hydrogen-bond acceptors (Lipinski definition) is 5. The second-order valence-corrected chi connectivity index (χ2v) is 10.0. The topological polar surface area (TPSA) is 90.4 Å². The average molecular weight is 466 g/mol. The van der Waals surface area contributed by atoms with Gasteiger partial charge in [0.1, 0.15) is 11.6 Å². The summed E-state index contributed by atoms with van der Waals surface area (Å²) in [6, 6.07) is 8.12. The van der Waals surface area contributed by atoms with Crippen molar-refractivity contribution < 1.29 is 24.2 Å². The van der Waals surface area contributed by atoms with Crippen LogP contribution >= 0.6 is 0 Å². The lowest BCUT2D eigenvalue weighted by Gasteiger charge is -2.39. The third kappa shape index (κ3) is 3.15. The third-order valence-corrected chi connectivity index (χ3v) is 7.74. The molecule has 0 saturated carbocycles. The Morgan fingerprint density at radius 2 is 1.74 bits per heavy atom. The molecular weight excluding hydrogens is 434 g/mol. The van der Waals surface area contributed by atoms with Crippen LogP contribution in [-0.2, 0) is 25.7 Å². The monoisotopic (exact) mass is 465 g/mol. The van der Waals surface area contributed by atoms with Crippen LogP contribution in [0.15, 0.2) is 54.6 Å². The molecule has 0 aromatic heterocycles. The summed E-state index contributed by atoms with van der Waals surface area (Å²) in [5.41, 5.74) is -1.33. The highest BCUT2D eigenvalue weighted by Gasteiger charge is 2.75. The maximum Gasteiger partial charge on any atom is 0.249 e. The van der Waals surface area contributed by atoms with Crippen LogP contribution in [0, 0.1) is 11.8 Å². The first kappa shape index (κ1) is 22.8. The number of carbonyl (C=O) groups is 3. The number of benzene rings is 1. The first-order chi connectivity index (χ1) is 16.2. The predicted molar refractivity (Wildman–Crippen MR) is 124 cm³/mol. The summed E-state index contributed by atoms with van der Waals surface area (Å²) in [5.74, 6) is -2.36. The summed E-state index contributed by atoms with van der Waals surface area (Å²) in [7, 11) is 1.71. The van der Waals surface area contributed by atoms with Gasteiger partial charge in [0.25, 0.3) is 0 Å². The summed E-state index contributed by atoms with van der Waals surface area (Å²) in [5, 5.41) is 9.98. The van der Waals surface area contributed by atoms with Gasteiger partial charge in [-0.1, -0.05) is 54.6 Å². The average Bonchev–Trinajstić information content (AvgIpc) is 3.11. The molecule has 180 valence electrons. The van der Waals surface area contributed by atoms with Crippen LogP contribution in [0.4, 0.5) is 0 Å². The minimum absolute atomic E-state index is 0.175. The highest BCUT2D eigenvalue weighted by Crippen LogP contribution is 2.57. The van der Waals surface area contributed by atoms with Crippen molar-refractivity contribution in [3.63, 3.8) is 0 Å². The first-order valence-corrected chi connectivity index (χ1v) is 11.8. The van der Waals surface area contributed by atoms with Gasteiger partial charge in [0.15, 0.2) is 0 Å². The van der Waals surface area contributed by atoms with Crippen molar-refractivity contribution in [3.8, 4) is 0 Å². The normalized spacial score (nSPS) is 35.7. The standard InChI is InChI=1S/C26H31N3O5/c1-17(16-30)29-21-24(33)28(15-18-9-5-4-6-10-18)14-8-12-26(21)20(23(29)32)19-22(31)27(3)13-7-11-25(19,2)34-26/h4-12,17,19-21,30H,13-16H2,1-3H3/t17-,19+,20+,21?,25-,26+/m1/s1. The zero-order valence-electron chi connectivity index (χ0n) is 19.8. The summed E-state index contributed by atoms with van der Waals surface area (Å²) in [6.07, 6.45) is 7.45. The number of ether oxygens (including phenoxy) is 1. The van der Waals surface area contributed by atoms with Gasteiger partial charge >= 0.3 is 0 Å². The molecule has 6 atom stereocenters. The minimum Gasteiger partial charge on any atom is -0.394 e. The van der Waals surface area contributed by atoms with Crippen LogP contribution in [-0.4, -0.2) is 87.6 Å². The summed E-state index contributed by atoms with van der Waals surface area (Å²) in [6.45, 7) is 4.43. The van der Waals surface area contributed by atoms with Crippen molar-refractivity contribution in [2.24, 2.45) is 11.8 Å². The van der Waals surface area contributed by atoms with Gasteiger partial charge in [0.2, 0.25) is 17.7 Å². The van der Waals surface area contributed by atoms with Gasteiger partial charge < -0.3 is 24.5 Å². The van der Waals surface area contributed by atoms with Crippen molar-refractivity contribution in [2.75, 3.05) is 26.7 Å². The lowest BCUT2D eigenvalue weighted by Crippen LogP contribution is -2.58. The van der Waals surface area contributed by atoms with E-state index in [2.05, 4.69) is 0 Å². The van der Waals surface area contributed by atoms with Crippen molar-refractivity contribution >= 4 is 17.7 Å². The Morgan fingerprint density at radius 1 is 1.03 bits per heavy atom. The molecule has 1 unspecified atom stereocenters. The van der Waals surface area contributed by atoms with Gasteiger partial charge in [-0.25, -0.2) is 0 Å². The number of carbonyl (C=O) groups excluding carboxylic acids is 3. The Morgan fingerprint density at radius 3 is 2.44 bits per heavy atom. The summed E-state index contributed by atoms with van der Waals surface area (Å²) < 4.78 is 6.70.